The largest absolute Gasteiger partial charge is 0.448 e. The lowest BCUT2D eigenvalue weighted by Gasteiger charge is -2.20. The monoisotopic (exact) mass is 460 g/mol. The van der Waals surface area contributed by atoms with Crippen molar-refractivity contribution in [3.8, 4) is 17.1 Å². The Labute approximate surface area is 190 Å². The zero-order valence-corrected chi connectivity index (χ0v) is 18.9. The molecule has 0 spiro atoms. The molecular formula is C22H22Cl2N4OS. The van der Waals surface area contributed by atoms with E-state index >= 15 is 0 Å². The average Bonchev–Trinajstić information content (AvgIpc) is 2.90. The maximum atomic E-state index is 6.45. The van der Waals surface area contributed by atoms with Crippen LogP contribution in [0, 0.1) is 0 Å². The molecule has 4 rings (SSSR count). The van der Waals surface area contributed by atoms with E-state index in [2.05, 4.69) is 27.4 Å². The highest BCUT2D eigenvalue weighted by molar-refractivity contribution is 7.99. The second kappa shape index (κ2) is 9.86. The summed E-state index contributed by atoms with van der Waals surface area (Å²) in [5, 5.41) is 13.9. The molecule has 0 saturated carbocycles. The Bertz CT molecular complexity index is 1030. The van der Waals surface area contributed by atoms with E-state index in [-0.39, 0.29) is 0 Å². The van der Waals surface area contributed by atoms with Crippen molar-refractivity contribution in [2.45, 2.75) is 44.0 Å². The fourth-order valence-corrected chi connectivity index (χ4v) is 4.54. The molecule has 2 heterocycles. The molecule has 1 N–H and O–H groups in total. The van der Waals surface area contributed by atoms with Gasteiger partial charge in [0, 0.05) is 27.6 Å². The maximum absolute atomic E-state index is 6.45. The number of unbranched alkanes of at least 4 members (excludes halogenated alkanes) is 3. The molecule has 0 bridgehead atoms. The molecule has 30 heavy (non-hydrogen) atoms. The third-order valence-electron chi connectivity index (χ3n) is 4.81. The van der Waals surface area contributed by atoms with Gasteiger partial charge in [-0.15, -0.1) is 10.2 Å². The molecule has 1 atom stereocenters. The van der Waals surface area contributed by atoms with Gasteiger partial charge in [0.1, 0.15) is 0 Å². The first-order valence-electron chi connectivity index (χ1n) is 10.0. The van der Waals surface area contributed by atoms with Crippen LogP contribution in [0.25, 0.3) is 11.3 Å². The topological polar surface area (TPSA) is 59.9 Å². The summed E-state index contributed by atoms with van der Waals surface area (Å²) in [6, 6.07) is 13.2. The van der Waals surface area contributed by atoms with Crippen molar-refractivity contribution in [2.24, 2.45) is 0 Å². The molecule has 3 aromatic rings. The number of nitrogens with one attached hydrogen (secondary N) is 1. The molecule has 156 valence electrons. The highest BCUT2D eigenvalue weighted by Gasteiger charge is 2.27. The zero-order valence-electron chi connectivity index (χ0n) is 16.6. The van der Waals surface area contributed by atoms with Gasteiger partial charge in [-0.3, -0.25) is 0 Å². The predicted molar refractivity (Wildman–Crippen MR) is 124 cm³/mol. The molecule has 1 aliphatic heterocycles. The molecular weight excluding hydrogens is 439 g/mol. The number of thioether (sulfide) groups is 1. The zero-order chi connectivity index (χ0) is 20.9. The van der Waals surface area contributed by atoms with Crippen molar-refractivity contribution < 1.29 is 4.74 Å². The molecule has 8 heteroatoms. The number of fused-ring (bicyclic) bond motifs is 3. The molecule has 5 nitrogen and oxygen atoms in total. The number of rotatable bonds is 7. The van der Waals surface area contributed by atoms with Crippen LogP contribution in [0.15, 0.2) is 47.6 Å². The number of nitrogens with zero attached hydrogens (tertiary/aromatic N) is 3. The number of hydrogen-bond acceptors (Lipinski definition) is 6. The Hall–Kier alpha value is -2.02. The smallest absolute Gasteiger partial charge is 0.247 e. The number of benzene rings is 2. The first-order chi connectivity index (χ1) is 14.7. The highest BCUT2D eigenvalue weighted by atomic mass is 35.5. The van der Waals surface area contributed by atoms with Gasteiger partial charge in [-0.25, -0.2) is 0 Å². The minimum absolute atomic E-state index is 0.439. The second-order valence-corrected chi connectivity index (χ2v) is 8.92. The number of anilines is 1. The van der Waals surface area contributed by atoms with Crippen LogP contribution < -0.4 is 10.1 Å². The lowest BCUT2D eigenvalue weighted by atomic mass is 10.1. The lowest BCUT2D eigenvalue weighted by Crippen LogP contribution is -2.17. The van der Waals surface area contributed by atoms with E-state index in [0.29, 0.717) is 26.8 Å². The van der Waals surface area contributed by atoms with Crippen molar-refractivity contribution in [3.05, 3.63) is 58.1 Å². The van der Waals surface area contributed by atoms with Crippen LogP contribution in [-0.4, -0.2) is 20.9 Å². The van der Waals surface area contributed by atoms with Crippen molar-refractivity contribution >= 4 is 40.7 Å². The molecule has 1 aromatic heterocycles. The number of halogens is 2. The minimum atomic E-state index is -0.531. The molecule has 0 aliphatic carbocycles. The van der Waals surface area contributed by atoms with E-state index in [0.717, 1.165) is 29.0 Å². The molecule has 0 amide bonds. The van der Waals surface area contributed by atoms with Gasteiger partial charge in [0.15, 0.2) is 11.9 Å². The third kappa shape index (κ3) is 4.82. The minimum Gasteiger partial charge on any atom is -0.448 e. The number of ether oxygens (including phenoxy) is 1. The Kier molecular flexibility index (Phi) is 6.97. The standard InChI is InChI=1S/C22H22Cl2N4OS/c1-2-3-4-7-12-30-22-26-21-19(27-28-22)16-8-5-6-9-18(16)25-20(29-21)15-11-10-14(23)13-17(15)24/h5-6,8-11,13,20,25H,2-4,7,12H2,1H3/t20-/m0/s1. The van der Waals surface area contributed by atoms with Gasteiger partial charge in [0.05, 0.1) is 5.02 Å². The predicted octanol–water partition coefficient (Wildman–Crippen LogP) is 7.02. The molecule has 2 aromatic carbocycles. The van der Waals surface area contributed by atoms with Gasteiger partial charge in [-0.05, 0) is 24.6 Å². The quantitative estimate of drug-likeness (QED) is 0.301. The van der Waals surface area contributed by atoms with E-state index in [4.69, 9.17) is 27.9 Å². The van der Waals surface area contributed by atoms with Crippen molar-refractivity contribution in [1.82, 2.24) is 15.2 Å². The summed E-state index contributed by atoms with van der Waals surface area (Å²) in [6.45, 7) is 2.21. The fourth-order valence-electron chi connectivity index (χ4n) is 3.26. The summed E-state index contributed by atoms with van der Waals surface area (Å²) < 4.78 is 6.27. The van der Waals surface area contributed by atoms with Crippen LogP contribution >= 0.6 is 35.0 Å². The van der Waals surface area contributed by atoms with Crippen LogP contribution in [0.2, 0.25) is 10.0 Å². The Morgan fingerprint density at radius 3 is 2.77 bits per heavy atom. The van der Waals surface area contributed by atoms with E-state index < -0.39 is 6.23 Å². The van der Waals surface area contributed by atoms with Crippen LogP contribution in [0.5, 0.6) is 5.88 Å². The molecule has 0 saturated heterocycles. The summed E-state index contributed by atoms with van der Waals surface area (Å²) in [4.78, 5) is 4.67. The van der Waals surface area contributed by atoms with Gasteiger partial charge >= 0.3 is 0 Å². The van der Waals surface area contributed by atoms with Crippen molar-refractivity contribution in [1.29, 1.82) is 0 Å². The maximum Gasteiger partial charge on any atom is 0.247 e. The fraction of sp³-hybridized carbons (Fsp3) is 0.318. The van der Waals surface area contributed by atoms with E-state index in [1.165, 1.54) is 19.3 Å². The van der Waals surface area contributed by atoms with Gasteiger partial charge in [-0.1, -0.05) is 85.4 Å². The number of aromatic nitrogens is 3. The second-order valence-electron chi connectivity index (χ2n) is 7.01. The van der Waals surface area contributed by atoms with Gasteiger partial charge in [0.25, 0.3) is 0 Å². The third-order valence-corrected chi connectivity index (χ3v) is 6.29. The number of para-hydroxylation sites is 1. The Balaban J connectivity index is 1.65. The first kappa shape index (κ1) is 21.2. The van der Waals surface area contributed by atoms with Gasteiger partial charge in [-0.2, -0.15) is 4.98 Å². The van der Waals surface area contributed by atoms with Crippen LogP contribution in [0.3, 0.4) is 0 Å². The van der Waals surface area contributed by atoms with Crippen LogP contribution in [-0.2, 0) is 0 Å². The molecule has 0 unspecified atom stereocenters. The molecule has 1 aliphatic rings. The summed E-state index contributed by atoms with van der Waals surface area (Å²) in [5.74, 6) is 1.40. The SMILES string of the molecule is CCCCCCSc1nnc2c(n1)O[C@@H](c1ccc(Cl)cc1Cl)Nc1ccccc1-2. The molecule has 0 fully saturated rings. The normalized spacial score (nSPS) is 14.8. The average molecular weight is 461 g/mol. The summed E-state index contributed by atoms with van der Waals surface area (Å²) >= 11 is 14.1. The van der Waals surface area contributed by atoms with Crippen molar-refractivity contribution in [3.63, 3.8) is 0 Å². The van der Waals surface area contributed by atoms with Crippen LogP contribution in [0.4, 0.5) is 5.69 Å². The summed E-state index contributed by atoms with van der Waals surface area (Å²) in [7, 11) is 0. The Morgan fingerprint density at radius 1 is 1.07 bits per heavy atom. The lowest BCUT2D eigenvalue weighted by molar-refractivity contribution is 0.225. The summed E-state index contributed by atoms with van der Waals surface area (Å²) in [6.07, 6.45) is 4.28. The number of hydrogen-bond donors (Lipinski definition) is 1. The van der Waals surface area contributed by atoms with Gasteiger partial charge in [0.2, 0.25) is 11.0 Å². The summed E-state index contributed by atoms with van der Waals surface area (Å²) in [5.41, 5.74) is 3.15. The van der Waals surface area contributed by atoms with E-state index in [9.17, 15) is 0 Å². The van der Waals surface area contributed by atoms with Crippen LogP contribution in [0.1, 0.15) is 44.4 Å². The Morgan fingerprint density at radius 2 is 1.93 bits per heavy atom. The first-order valence-corrected chi connectivity index (χ1v) is 11.7. The van der Waals surface area contributed by atoms with Gasteiger partial charge < -0.3 is 10.1 Å². The van der Waals surface area contributed by atoms with Crippen molar-refractivity contribution in [2.75, 3.05) is 11.1 Å². The highest BCUT2D eigenvalue weighted by Crippen LogP contribution is 2.40. The van der Waals surface area contributed by atoms with E-state index in [1.807, 2.05) is 30.3 Å². The molecule has 0 radical (unpaired) electrons. The van der Waals surface area contributed by atoms with E-state index in [1.54, 1.807) is 23.9 Å².